The SMILES string of the molecule is C=CC(=O)OC.C=CCC(=C)C(=O)O. The van der Waals surface area contributed by atoms with E-state index in [1.165, 1.54) is 13.2 Å². The van der Waals surface area contributed by atoms with E-state index in [9.17, 15) is 9.59 Å². The molecule has 0 aromatic rings. The molecule has 0 aliphatic carbocycles. The third-order valence-corrected chi connectivity index (χ3v) is 1.06. The third kappa shape index (κ3) is 10.2. The molecule has 0 radical (unpaired) electrons. The van der Waals surface area contributed by atoms with Gasteiger partial charge in [0.15, 0.2) is 0 Å². The van der Waals surface area contributed by atoms with Crippen LogP contribution in [0.5, 0.6) is 0 Å². The van der Waals surface area contributed by atoms with Crippen LogP contribution in [0.15, 0.2) is 37.5 Å². The van der Waals surface area contributed by atoms with Crippen LogP contribution in [-0.4, -0.2) is 24.2 Å². The Morgan fingerprint density at radius 1 is 1.43 bits per heavy atom. The highest BCUT2D eigenvalue weighted by molar-refractivity contribution is 5.85. The van der Waals surface area contributed by atoms with Gasteiger partial charge in [0.25, 0.3) is 0 Å². The Morgan fingerprint density at radius 3 is 2.00 bits per heavy atom. The number of carboxylic acid groups (broad SMARTS) is 1. The number of allylic oxidation sites excluding steroid dienone is 1. The molecule has 1 N–H and O–H groups in total. The summed E-state index contributed by atoms with van der Waals surface area (Å²) >= 11 is 0. The molecule has 0 bridgehead atoms. The third-order valence-electron chi connectivity index (χ3n) is 1.06. The number of ether oxygens (including phenoxy) is 1. The first kappa shape index (κ1) is 14.7. The van der Waals surface area contributed by atoms with Crippen LogP contribution >= 0.6 is 0 Å². The van der Waals surface area contributed by atoms with Gasteiger partial charge in [-0.15, -0.1) is 6.58 Å². The highest BCUT2D eigenvalue weighted by atomic mass is 16.5. The molecule has 14 heavy (non-hydrogen) atoms. The zero-order chi connectivity index (χ0) is 11.6. The van der Waals surface area contributed by atoms with E-state index in [1.54, 1.807) is 0 Å². The van der Waals surface area contributed by atoms with Crippen molar-refractivity contribution in [3.05, 3.63) is 37.5 Å². The lowest BCUT2D eigenvalue weighted by Crippen LogP contribution is -1.96. The van der Waals surface area contributed by atoms with Gasteiger partial charge in [-0.2, -0.15) is 0 Å². The van der Waals surface area contributed by atoms with Crippen molar-refractivity contribution in [3.8, 4) is 0 Å². The van der Waals surface area contributed by atoms with E-state index in [0.29, 0.717) is 6.42 Å². The van der Waals surface area contributed by atoms with Gasteiger partial charge in [-0.1, -0.05) is 19.2 Å². The average Bonchev–Trinajstić information content (AvgIpc) is 2.18. The molecule has 78 valence electrons. The van der Waals surface area contributed by atoms with Crippen molar-refractivity contribution in [2.45, 2.75) is 6.42 Å². The quantitative estimate of drug-likeness (QED) is 0.423. The highest BCUT2D eigenvalue weighted by Crippen LogP contribution is 1.95. The highest BCUT2D eigenvalue weighted by Gasteiger charge is 1.97. The van der Waals surface area contributed by atoms with Gasteiger partial charge in [-0.05, 0) is 6.42 Å². The summed E-state index contributed by atoms with van der Waals surface area (Å²) in [6.45, 7) is 9.79. The minimum atomic E-state index is -0.954. The summed E-state index contributed by atoms with van der Waals surface area (Å²) in [4.78, 5) is 19.8. The van der Waals surface area contributed by atoms with E-state index in [0.717, 1.165) is 6.08 Å². The van der Waals surface area contributed by atoms with E-state index in [2.05, 4.69) is 24.5 Å². The Hall–Kier alpha value is -1.84. The molecule has 0 aliphatic rings. The van der Waals surface area contributed by atoms with Gasteiger partial charge in [-0.3, -0.25) is 0 Å². The fourth-order valence-corrected chi connectivity index (χ4v) is 0.345. The standard InChI is InChI=1S/C6H8O2.C4H6O2/c1-3-4-5(2)6(7)8;1-3-4(5)6-2/h3H,1-2,4H2,(H,7,8);3H,1H2,2H3. The molecule has 4 nitrogen and oxygen atoms in total. The molecule has 0 spiro atoms. The summed E-state index contributed by atoms with van der Waals surface area (Å²) in [5, 5.41) is 8.17. The van der Waals surface area contributed by atoms with E-state index in [-0.39, 0.29) is 5.57 Å². The lowest BCUT2D eigenvalue weighted by Gasteiger charge is -1.89. The zero-order valence-corrected chi connectivity index (χ0v) is 8.16. The molecule has 0 aromatic heterocycles. The number of hydrogen-bond donors (Lipinski definition) is 1. The second-order valence-electron chi connectivity index (χ2n) is 2.13. The lowest BCUT2D eigenvalue weighted by molar-refractivity contribution is -0.135. The van der Waals surface area contributed by atoms with Crippen LogP contribution in [0, 0.1) is 0 Å². The minimum absolute atomic E-state index is 0.181. The topological polar surface area (TPSA) is 63.6 Å². The summed E-state index contributed by atoms with van der Waals surface area (Å²) in [6, 6.07) is 0. The molecule has 0 aliphatic heterocycles. The van der Waals surface area contributed by atoms with Crippen molar-refractivity contribution < 1.29 is 19.4 Å². The molecule has 0 rings (SSSR count). The van der Waals surface area contributed by atoms with Crippen molar-refractivity contribution in [1.82, 2.24) is 0 Å². The fraction of sp³-hybridized carbons (Fsp3) is 0.200. The van der Waals surface area contributed by atoms with Crippen LogP contribution in [0.4, 0.5) is 0 Å². The van der Waals surface area contributed by atoms with Gasteiger partial charge >= 0.3 is 11.9 Å². The summed E-state index contributed by atoms with van der Waals surface area (Å²) in [5.74, 6) is -1.35. The Bertz CT molecular complexity index is 241. The molecule has 0 atom stereocenters. The maximum Gasteiger partial charge on any atom is 0.331 e. The van der Waals surface area contributed by atoms with Crippen molar-refractivity contribution in [2.75, 3.05) is 7.11 Å². The van der Waals surface area contributed by atoms with Gasteiger partial charge < -0.3 is 9.84 Å². The van der Waals surface area contributed by atoms with Crippen LogP contribution < -0.4 is 0 Å². The van der Waals surface area contributed by atoms with Gasteiger partial charge in [0.1, 0.15) is 0 Å². The maximum absolute atomic E-state index is 9.94. The molecular formula is C10H14O4. The van der Waals surface area contributed by atoms with Gasteiger partial charge in [0.05, 0.1) is 7.11 Å². The largest absolute Gasteiger partial charge is 0.478 e. The molecule has 0 saturated carbocycles. The zero-order valence-electron chi connectivity index (χ0n) is 8.16. The van der Waals surface area contributed by atoms with Crippen LogP contribution in [-0.2, 0) is 14.3 Å². The number of aliphatic carboxylic acids is 1. The summed E-state index contributed by atoms with van der Waals surface area (Å²) in [7, 11) is 1.31. The van der Waals surface area contributed by atoms with Gasteiger partial charge in [0, 0.05) is 11.6 Å². The monoisotopic (exact) mass is 198 g/mol. The molecule has 0 aromatic carbocycles. The van der Waals surface area contributed by atoms with E-state index >= 15 is 0 Å². The molecule has 0 amide bonds. The molecule has 0 unspecified atom stereocenters. The predicted molar refractivity (Wildman–Crippen MR) is 53.8 cm³/mol. The smallest absolute Gasteiger partial charge is 0.331 e. The van der Waals surface area contributed by atoms with E-state index in [4.69, 9.17) is 5.11 Å². The second kappa shape index (κ2) is 9.25. The summed E-state index contributed by atoms with van der Waals surface area (Å²) < 4.78 is 4.14. The average molecular weight is 198 g/mol. The number of hydrogen-bond acceptors (Lipinski definition) is 3. The van der Waals surface area contributed by atoms with Gasteiger partial charge in [-0.25, -0.2) is 9.59 Å². The lowest BCUT2D eigenvalue weighted by atomic mass is 10.2. The fourth-order valence-electron chi connectivity index (χ4n) is 0.345. The van der Waals surface area contributed by atoms with Crippen LogP contribution in [0.3, 0.4) is 0 Å². The summed E-state index contributed by atoms with van der Waals surface area (Å²) in [6.07, 6.45) is 2.98. The van der Waals surface area contributed by atoms with Crippen LogP contribution in [0.25, 0.3) is 0 Å². The first-order valence-corrected chi connectivity index (χ1v) is 3.71. The minimum Gasteiger partial charge on any atom is -0.478 e. The Labute approximate surface area is 83.2 Å². The van der Waals surface area contributed by atoms with Crippen LogP contribution in [0.2, 0.25) is 0 Å². The molecule has 0 heterocycles. The van der Waals surface area contributed by atoms with Crippen LogP contribution in [0.1, 0.15) is 6.42 Å². The first-order valence-electron chi connectivity index (χ1n) is 3.71. The predicted octanol–water partition coefficient (Wildman–Crippen LogP) is 1.55. The number of carbonyl (C=O) groups is 2. The van der Waals surface area contributed by atoms with Crippen molar-refractivity contribution in [2.24, 2.45) is 0 Å². The van der Waals surface area contributed by atoms with E-state index in [1.807, 2.05) is 0 Å². The molecular weight excluding hydrogens is 184 g/mol. The van der Waals surface area contributed by atoms with Crippen molar-refractivity contribution >= 4 is 11.9 Å². The Kier molecular flexibility index (Phi) is 9.69. The first-order chi connectivity index (χ1) is 6.49. The molecule has 0 fully saturated rings. The maximum atomic E-state index is 9.94. The number of rotatable bonds is 4. The van der Waals surface area contributed by atoms with Crippen molar-refractivity contribution in [1.29, 1.82) is 0 Å². The number of methoxy groups -OCH3 is 1. The number of esters is 1. The number of carboxylic acids is 1. The number of carbonyl (C=O) groups excluding carboxylic acids is 1. The Balaban J connectivity index is 0. The molecule has 4 heteroatoms. The second-order valence-corrected chi connectivity index (χ2v) is 2.13. The normalized spacial score (nSPS) is 7.50. The van der Waals surface area contributed by atoms with Gasteiger partial charge in [0.2, 0.25) is 0 Å². The summed E-state index contributed by atoms with van der Waals surface area (Å²) in [5.41, 5.74) is 0.181. The Morgan fingerprint density at radius 2 is 1.93 bits per heavy atom. The van der Waals surface area contributed by atoms with E-state index < -0.39 is 11.9 Å². The van der Waals surface area contributed by atoms with Crippen molar-refractivity contribution in [3.63, 3.8) is 0 Å². The molecule has 0 saturated heterocycles.